The molecule has 1 heterocycles. The third kappa shape index (κ3) is 2.80. The molecule has 0 amide bonds. The van der Waals surface area contributed by atoms with Crippen molar-refractivity contribution in [1.29, 1.82) is 0 Å². The Labute approximate surface area is 126 Å². The van der Waals surface area contributed by atoms with E-state index in [-0.39, 0.29) is 17.3 Å². The second-order valence-electron chi connectivity index (χ2n) is 4.41. The van der Waals surface area contributed by atoms with Gasteiger partial charge in [-0.15, -0.1) is 0 Å². The number of carbonyl (C=O) groups excluding carboxylic acids is 1. The van der Waals surface area contributed by atoms with Gasteiger partial charge in [0.25, 0.3) is 0 Å². The molecule has 1 N–H and O–H groups in total. The lowest BCUT2D eigenvalue weighted by Gasteiger charge is -2.00. The zero-order valence-electron chi connectivity index (χ0n) is 10.8. The Morgan fingerprint density at radius 1 is 1.10 bits per heavy atom. The van der Waals surface area contributed by atoms with Crippen molar-refractivity contribution in [3.63, 3.8) is 0 Å². The number of hydrogen-bond acceptors (Lipinski definition) is 4. The molecule has 0 atom stereocenters. The predicted octanol–water partition coefficient (Wildman–Crippen LogP) is 3.39. The Balaban J connectivity index is 1.96. The van der Waals surface area contributed by atoms with E-state index in [1.807, 2.05) is 0 Å². The maximum absolute atomic E-state index is 11.8. The van der Waals surface area contributed by atoms with Crippen LogP contribution in [0.1, 0.15) is 11.1 Å². The van der Waals surface area contributed by atoms with Gasteiger partial charge in [-0.2, -0.15) is 0 Å². The SMILES string of the molecule is O=C1OC(c2ccccc2Cl)=N/C1=C/c1ccc(O)cc1. The molecule has 0 fully saturated rings. The summed E-state index contributed by atoms with van der Waals surface area (Å²) >= 11 is 6.06. The lowest BCUT2D eigenvalue weighted by molar-refractivity contribution is -0.129. The van der Waals surface area contributed by atoms with Crippen molar-refractivity contribution in [2.24, 2.45) is 4.99 Å². The van der Waals surface area contributed by atoms with Crippen LogP contribution in [-0.2, 0) is 9.53 Å². The van der Waals surface area contributed by atoms with E-state index in [9.17, 15) is 9.90 Å². The lowest BCUT2D eigenvalue weighted by atomic mass is 10.2. The Bertz CT molecular complexity index is 763. The standard InChI is InChI=1S/C16H10ClNO3/c17-13-4-2-1-3-12(13)15-18-14(16(20)21-15)9-10-5-7-11(19)8-6-10/h1-9,19H/b14-9+. The van der Waals surface area contributed by atoms with E-state index in [4.69, 9.17) is 16.3 Å². The van der Waals surface area contributed by atoms with E-state index >= 15 is 0 Å². The molecule has 5 heteroatoms. The quantitative estimate of drug-likeness (QED) is 0.683. The van der Waals surface area contributed by atoms with Gasteiger partial charge in [0, 0.05) is 0 Å². The number of phenols is 1. The van der Waals surface area contributed by atoms with Gasteiger partial charge in [-0.25, -0.2) is 9.79 Å². The second-order valence-corrected chi connectivity index (χ2v) is 4.81. The maximum Gasteiger partial charge on any atom is 0.363 e. The van der Waals surface area contributed by atoms with Crippen LogP contribution in [0.15, 0.2) is 59.2 Å². The summed E-state index contributed by atoms with van der Waals surface area (Å²) in [5, 5.41) is 9.70. The van der Waals surface area contributed by atoms with E-state index in [1.54, 1.807) is 42.5 Å². The molecule has 2 aromatic rings. The Morgan fingerprint density at radius 3 is 2.52 bits per heavy atom. The van der Waals surface area contributed by atoms with Crippen molar-refractivity contribution in [3.05, 3.63) is 70.4 Å². The molecule has 2 aromatic carbocycles. The summed E-state index contributed by atoms with van der Waals surface area (Å²) in [7, 11) is 0. The first-order valence-electron chi connectivity index (χ1n) is 6.20. The van der Waals surface area contributed by atoms with Crippen LogP contribution in [-0.4, -0.2) is 17.0 Å². The summed E-state index contributed by atoms with van der Waals surface area (Å²) in [6.45, 7) is 0. The molecule has 0 spiro atoms. The Kier molecular flexibility index (Phi) is 3.46. The maximum atomic E-state index is 11.8. The van der Waals surface area contributed by atoms with Crippen LogP contribution in [0, 0.1) is 0 Å². The minimum absolute atomic E-state index is 0.159. The highest BCUT2D eigenvalue weighted by atomic mass is 35.5. The number of phenolic OH excluding ortho intramolecular Hbond substituents is 1. The van der Waals surface area contributed by atoms with E-state index in [1.165, 1.54) is 12.1 Å². The first kappa shape index (κ1) is 13.4. The monoisotopic (exact) mass is 299 g/mol. The van der Waals surface area contributed by atoms with Crippen LogP contribution in [0.3, 0.4) is 0 Å². The number of aliphatic imine (C=N–C) groups is 1. The number of halogens is 1. The normalized spacial score (nSPS) is 16.0. The van der Waals surface area contributed by atoms with E-state index in [2.05, 4.69) is 4.99 Å². The van der Waals surface area contributed by atoms with Crippen molar-refractivity contribution >= 4 is 29.5 Å². The summed E-state index contributed by atoms with van der Waals surface area (Å²) in [4.78, 5) is 16.0. The van der Waals surface area contributed by atoms with Crippen LogP contribution < -0.4 is 0 Å². The molecule has 0 bridgehead atoms. The molecule has 1 aliphatic rings. The lowest BCUT2D eigenvalue weighted by Crippen LogP contribution is -2.05. The van der Waals surface area contributed by atoms with Gasteiger partial charge < -0.3 is 9.84 Å². The van der Waals surface area contributed by atoms with Crippen molar-refractivity contribution in [2.45, 2.75) is 0 Å². The molecule has 1 aliphatic heterocycles. The van der Waals surface area contributed by atoms with E-state index in [0.29, 0.717) is 10.6 Å². The fourth-order valence-electron chi connectivity index (χ4n) is 1.89. The zero-order chi connectivity index (χ0) is 14.8. The van der Waals surface area contributed by atoms with Gasteiger partial charge in [0.05, 0.1) is 10.6 Å². The minimum Gasteiger partial charge on any atom is -0.508 e. The van der Waals surface area contributed by atoms with Crippen LogP contribution in [0.25, 0.3) is 6.08 Å². The van der Waals surface area contributed by atoms with Crippen molar-refractivity contribution in [3.8, 4) is 5.75 Å². The van der Waals surface area contributed by atoms with Crippen molar-refractivity contribution < 1.29 is 14.6 Å². The molecular formula is C16H10ClNO3. The number of esters is 1. The highest BCUT2D eigenvalue weighted by molar-refractivity contribution is 6.34. The van der Waals surface area contributed by atoms with Gasteiger partial charge in [0.1, 0.15) is 5.75 Å². The number of cyclic esters (lactones) is 1. The molecule has 0 radical (unpaired) electrons. The average molecular weight is 300 g/mol. The Morgan fingerprint density at radius 2 is 1.81 bits per heavy atom. The van der Waals surface area contributed by atoms with Gasteiger partial charge in [-0.05, 0) is 35.9 Å². The largest absolute Gasteiger partial charge is 0.508 e. The average Bonchev–Trinajstić information content (AvgIpc) is 2.83. The van der Waals surface area contributed by atoms with Gasteiger partial charge in [0.2, 0.25) is 5.90 Å². The van der Waals surface area contributed by atoms with Gasteiger partial charge >= 0.3 is 5.97 Å². The van der Waals surface area contributed by atoms with Crippen LogP contribution >= 0.6 is 11.6 Å². The number of benzene rings is 2. The molecule has 0 unspecified atom stereocenters. The van der Waals surface area contributed by atoms with Crippen LogP contribution in [0.2, 0.25) is 5.02 Å². The molecule has 0 saturated heterocycles. The van der Waals surface area contributed by atoms with Gasteiger partial charge in [-0.3, -0.25) is 0 Å². The minimum atomic E-state index is -0.530. The summed E-state index contributed by atoms with van der Waals surface area (Å²) in [6.07, 6.45) is 1.59. The van der Waals surface area contributed by atoms with Gasteiger partial charge in [0.15, 0.2) is 5.70 Å². The van der Waals surface area contributed by atoms with Gasteiger partial charge in [-0.1, -0.05) is 35.9 Å². The molecular weight excluding hydrogens is 290 g/mol. The number of rotatable bonds is 2. The Hall–Kier alpha value is -2.59. The zero-order valence-corrected chi connectivity index (χ0v) is 11.5. The molecule has 104 valence electrons. The van der Waals surface area contributed by atoms with Crippen molar-refractivity contribution in [2.75, 3.05) is 0 Å². The van der Waals surface area contributed by atoms with Crippen LogP contribution in [0.4, 0.5) is 0 Å². The molecule has 21 heavy (non-hydrogen) atoms. The second kappa shape index (κ2) is 5.42. The third-order valence-corrected chi connectivity index (χ3v) is 3.25. The fraction of sp³-hybridized carbons (Fsp3) is 0. The summed E-state index contributed by atoms with van der Waals surface area (Å²) in [6, 6.07) is 13.4. The van der Waals surface area contributed by atoms with Crippen LogP contribution in [0.5, 0.6) is 5.75 Å². The molecule has 3 rings (SSSR count). The molecule has 4 nitrogen and oxygen atoms in total. The smallest absolute Gasteiger partial charge is 0.363 e. The fourth-order valence-corrected chi connectivity index (χ4v) is 2.10. The number of aromatic hydroxyl groups is 1. The van der Waals surface area contributed by atoms with Crippen molar-refractivity contribution in [1.82, 2.24) is 0 Å². The third-order valence-electron chi connectivity index (χ3n) is 2.92. The topological polar surface area (TPSA) is 58.9 Å². The summed E-state index contributed by atoms with van der Waals surface area (Å²) in [5.41, 5.74) is 1.50. The molecule has 0 aliphatic carbocycles. The first-order valence-corrected chi connectivity index (χ1v) is 6.58. The summed E-state index contributed by atoms with van der Waals surface area (Å²) < 4.78 is 5.15. The van der Waals surface area contributed by atoms with E-state index in [0.717, 1.165) is 5.56 Å². The number of ether oxygens (including phenoxy) is 1. The molecule has 0 saturated carbocycles. The first-order chi connectivity index (χ1) is 10.1. The predicted molar refractivity (Wildman–Crippen MR) is 80.2 cm³/mol. The highest BCUT2D eigenvalue weighted by Gasteiger charge is 2.25. The van der Waals surface area contributed by atoms with E-state index < -0.39 is 5.97 Å². The molecule has 0 aromatic heterocycles. The number of hydrogen-bond donors (Lipinski definition) is 1. The summed E-state index contributed by atoms with van der Waals surface area (Å²) in [5.74, 6) is -0.181. The number of nitrogens with zero attached hydrogens (tertiary/aromatic N) is 1. The highest BCUT2D eigenvalue weighted by Crippen LogP contribution is 2.23. The number of carbonyl (C=O) groups is 1.